The molecule has 200 valence electrons. The van der Waals surface area contributed by atoms with Gasteiger partial charge in [-0.05, 0) is 43.7 Å². The van der Waals surface area contributed by atoms with Crippen LogP contribution in [0.15, 0.2) is 41.8 Å². The van der Waals surface area contributed by atoms with Crippen LogP contribution < -0.4 is 15.4 Å². The Bertz CT molecular complexity index is 1240. The Kier molecular flexibility index (Phi) is 8.08. The van der Waals surface area contributed by atoms with Crippen molar-refractivity contribution in [3.05, 3.63) is 53.2 Å². The number of hydrogen-bond acceptors (Lipinski definition) is 8. The normalized spacial score (nSPS) is 17.9. The largest absolute Gasteiger partial charge is 0.438 e. The summed E-state index contributed by atoms with van der Waals surface area (Å²) < 4.78 is 63.4. The zero-order valence-corrected chi connectivity index (χ0v) is 21.4. The Morgan fingerprint density at radius 1 is 1.16 bits per heavy atom. The molecule has 1 aliphatic heterocycles. The summed E-state index contributed by atoms with van der Waals surface area (Å²) in [6, 6.07) is 7.65. The number of para-hydroxylation sites is 1. The van der Waals surface area contributed by atoms with Crippen molar-refractivity contribution in [2.24, 2.45) is 5.92 Å². The first kappa shape index (κ1) is 26.9. The summed E-state index contributed by atoms with van der Waals surface area (Å²) in [7, 11) is -3.41. The van der Waals surface area contributed by atoms with Gasteiger partial charge in [0.15, 0.2) is 9.84 Å². The van der Waals surface area contributed by atoms with E-state index >= 15 is 0 Å². The van der Waals surface area contributed by atoms with Gasteiger partial charge >= 0.3 is 5.92 Å². The number of ether oxygens (including phenoxy) is 2. The molecule has 12 heteroatoms. The summed E-state index contributed by atoms with van der Waals surface area (Å²) >= 11 is 0. The summed E-state index contributed by atoms with van der Waals surface area (Å²) in [6.07, 6.45) is 5.32. The minimum absolute atomic E-state index is 0.0625. The van der Waals surface area contributed by atoms with Gasteiger partial charge in [0.25, 0.3) is 5.91 Å². The van der Waals surface area contributed by atoms with Gasteiger partial charge in [0, 0.05) is 37.8 Å². The van der Waals surface area contributed by atoms with Crippen molar-refractivity contribution in [3.63, 3.8) is 0 Å². The predicted molar refractivity (Wildman–Crippen MR) is 134 cm³/mol. The zero-order chi connectivity index (χ0) is 26.6. The lowest BCUT2D eigenvalue weighted by molar-refractivity contribution is 0.00720. The van der Waals surface area contributed by atoms with E-state index in [1.165, 1.54) is 6.08 Å². The molecule has 2 aromatic rings. The number of aromatic nitrogens is 2. The second-order valence-electron chi connectivity index (χ2n) is 9.41. The van der Waals surface area contributed by atoms with Crippen molar-refractivity contribution in [1.82, 2.24) is 15.3 Å². The molecule has 37 heavy (non-hydrogen) atoms. The molecular formula is C25H30F2N4O5S. The highest BCUT2D eigenvalue weighted by molar-refractivity contribution is 7.93. The fourth-order valence-electron chi connectivity index (χ4n) is 3.88. The van der Waals surface area contributed by atoms with Crippen LogP contribution in [0.2, 0.25) is 0 Å². The van der Waals surface area contributed by atoms with Crippen LogP contribution >= 0.6 is 0 Å². The number of carbonyl (C=O) groups excluding carboxylic acids is 1. The Labute approximate surface area is 214 Å². The first-order chi connectivity index (χ1) is 17.5. The minimum Gasteiger partial charge on any atom is -0.438 e. The van der Waals surface area contributed by atoms with Gasteiger partial charge in [0.2, 0.25) is 11.7 Å². The van der Waals surface area contributed by atoms with Crippen molar-refractivity contribution in [3.8, 4) is 11.6 Å². The molecule has 1 aromatic carbocycles. The molecule has 1 saturated carbocycles. The summed E-state index contributed by atoms with van der Waals surface area (Å²) in [6.45, 7) is 1.63. The van der Waals surface area contributed by atoms with Gasteiger partial charge in [0.05, 0.1) is 6.04 Å². The molecule has 2 fully saturated rings. The molecule has 2 aliphatic rings. The average molecular weight is 537 g/mol. The monoisotopic (exact) mass is 536 g/mol. The summed E-state index contributed by atoms with van der Waals surface area (Å²) in [4.78, 5) is 21.6. The van der Waals surface area contributed by atoms with Gasteiger partial charge in [-0.2, -0.15) is 13.8 Å². The third-order valence-corrected chi connectivity index (χ3v) is 6.63. The maximum Gasteiger partial charge on any atom is 0.304 e. The molecular weight excluding hydrogens is 506 g/mol. The topological polar surface area (TPSA) is 120 Å². The highest BCUT2D eigenvalue weighted by atomic mass is 32.2. The second kappa shape index (κ2) is 11.1. The van der Waals surface area contributed by atoms with Crippen LogP contribution in [0.5, 0.6) is 11.6 Å². The van der Waals surface area contributed by atoms with Gasteiger partial charge in [0.1, 0.15) is 17.1 Å². The molecule has 4 rings (SSSR count). The van der Waals surface area contributed by atoms with Crippen LogP contribution in [0.4, 0.5) is 14.6 Å². The van der Waals surface area contributed by atoms with Crippen LogP contribution in [0.3, 0.4) is 0 Å². The molecule has 1 aliphatic carbocycles. The van der Waals surface area contributed by atoms with Crippen LogP contribution in [-0.4, -0.2) is 55.8 Å². The number of rotatable bonds is 10. The number of alkyl halides is 2. The Hall–Kier alpha value is -3.12. The molecule has 0 bridgehead atoms. The first-order valence-corrected chi connectivity index (χ1v) is 14.0. The molecule has 0 unspecified atom stereocenters. The molecule has 1 aromatic heterocycles. The van der Waals surface area contributed by atoms with Crippen molar-refractivity contribution < 1.29 is 31.5 Å². The molecule has 0 spiro atoms. The van der Waals surface area contributed by atoms with E-state index in [0.29, 0.717) is 38.7 Å². The predicted octanol–water partition coefficient (Wildman–Crippen LogP) is 4.04. The third kappa shape index (κ3) is 7.68. The lowest BCUT2D eigenvalue weighted by atomic mass is 10.1. The number of carbonyl (C=O) groups is 1. The van der Waals surface area contributed by atoms with Gasteiger partial charge in [-0.25, -0.2) is 13.4 Å². The van der Waals surface area contributed by atoms with E-state index < -0.39 is 33.5 Å². The SMILES string of the molecule is CC(F)(F)c1nc(NC2CCOCC2)c(C(=O)N[C@H](/C=C/S(C)(=O)=O)C2CC2)c(Oc2ccccc2)n1. The highest BCUT2D eigenvalue weighted by Crippen LogP contribution is 2.36. The molecule has 1 atom stereocenters. The average Bonchev–Trinajstić information content (AvgIpc) is 3.67. The van der Waals surface area contributed by atoms with Crippen molar-refractivity contribution in [2.75, 3.05) is 24.8 Å². The number of nitrogens with zero attached hydrogens (tertiary/aromatic N) is 2. The molecule has 1 amide bonds. The van der Waals surface area contributed by atoms with E-state index in [4.69, 9.17) is 9.47 Å². The lowest BCUT2D eigenvalue weighted by Crippen LogP contribution is -2.37. The molecule has 2 heterocycles. The number of hydrogen-bond donors (Lipinski definition) is 2. The standard InChI is InChI=1S/C25H30F2N4O5S/c1-25(26,27)24-30-21(28-17-10-13-35-14-11-17)20(23(31-24)36-18-6-4-3-5-7-18)22(32)29-19(16-8-9-16)12-15-37(2,33)34/h3-7,12,15-17,19H,8-11,13-14H2,1-2H3,(H,29,32)(H,28,30,31)/b15-12+/t19-/m1/s1. The quantitative estimate of drug-likeness (QED) is 0.467. The van der Waals surface area contributed by atoms with Crippen molar-refractivity contribution in [1.29, 1.82) is 0 Å². The van der Waals surface area contributed by atoms with E-state index in [9.17, 15) is 22.0 Å². The van der Waals surface area contributed by atoms with Crippen LogP contribution in [-0.2, 0) is 20.5 Å². The molecule has 1 saturated heterocycles. The molecule has 9 nitrogen and oxygen atoms in total. The highest BCUT2D eigenvalue weighted by Gasteiger charge is 2.36. The van der Waals surface area contributed by atoms with Gasteiger partial charge in [-0.15, -0.1) is 0 Å². The number of amides is 1. The third-order valence-electron chi connectivity index (χ3n) is 5.98. The molecule has 2 N–H and O–H groups in total. The van der Waals surface area contributed by atoms with Crippen LogP contribution in [0, 0.1) is 5.92 Å². The lowest BCUT2D eigenvalue weighted by Gasteiger charge is -2.26. The second-order valence-corrected chi connectivity index (χ2v) is 11.3. The number of benzene rings is 1. The van der Waals surface area contributed by atoms with Gasteiger partial charge in [-0.1, -0.05) is 24.3 Å². The van der Waals surface area contributed by atoms with Crippen molar-refractivity contribution >= 4 is 21.6 Å². The number of nitrogens with one attached hydrogen (secondary N) is 2. The number of sulfone groups is 1. The number of halogens is 2. The maximum atomic E-state index is 14.4. The van der Waals surface area contributed by atoms with Crippen LogP contribution in [0.1, 0.15) is 48.8 Å². The van der Waals surface area contributed by atoms with Gasteiger partial charge < -0.3 is 20.1 Å². The Morgan fingerprint density at radius 3 is 2.43 bits per heavy atom. The number of anilines is 1. The van der Waals surface area contributed by atoms with E-state index in [0.717, 1.165) is 24.5 Å². The summed E-state index contributed by atoms with van der Waals surface area (Å²) in [5.41, 5.74) is -0.137. The molecule has 0 radical (unpaired) electrons. The van der Waals surface area contributed by atoms with E-state index in [2.05, 4.69) is 20.6 Å². The smallest absolute Gasteiger partial charge is 0.304 e. The fourth-order valence-corrected chi connectivity index (χ4v) is 4.34. The van der Waals surface area contributed by atoms with Crippen molar-refractivity contribution in [2.45, 2.75) is 50.6 Å². The van der Waals surface area contributed by atoms with Crippen LogP contribution in [0.25, 0.3) is 0 Å². The first-order valence-electron chi connectivity index (χ1n) is 12.1. The fraction of sp³-hybridized carbons (Fsp3) is 0.480. The summed E-state index contributed by atoms with van der Waals surface area (Å²) in [5, 5.41) is 7.00. The van der Waals surface area contributed by atoms with E-state index in [1.807, 2.05) is 0 Å². The summed E-state index contributed by atoms with van der Waals surface area (Å²) in [5.74, 6) is -4.90. The van der Waals surface area contributed by atoms with E-state index in [-0.39, 0.29) is 29.2 Å². The maximum absolute atomic E-state index is 14.4. The minimum atomic E-state index is -3.41. The Balaban J connectivity index is 1.76. The Morgan fingerprint density at radius 2 is 1.84 bits per heavy atom. The van der Waals surface area contributed by atoms with E-state index in [1.54, 1.807) is 30.3 Å². The zero-order valence-electron chi connectivity index (χ0n) is 20.6. The van der Waals surface area contributed by atoms with Gasteiger partial charge in [-0.3, -0.25) is 4.79 Å².